The fourth-order valence-electron chi connectivity index (χ4n) is 2.72. The van der Waals surface area contributed by atoms with Gasteiger partial charge in [0.1, 0.15) is 5.82 Å². The molecule has 0 atom stereocenters. The molecule has 0 N–H and O–H groups in total. The fourth-order valence-corrected chi connectivity index (χ4v) is 3.13. The standard InChI is InChI=1S/C18H18BrFN2O2/c1-2-21(12-13-11-14(19)7-8-15(13)20)9-10-22-16-5-3-4-6-17(16)24-18(22)23/h3-8,11H,2,9-10,12H2,1H3. The highest BCUT2D eigenvalue weighted by Gasteiger charge is 2.12. The van der Waals surface area contributed by atoms with E-state index < -0.39 is 0 Å². The van der Waals surface area contributed by atoms with Gasteiger partial charge in [-0.25, -0.2) is 9.18 Å². The minimum absolute atomic E-state index is 0.220. The number of likely N-dealkylation sites (N-methyl/N-ethyl adjacent to an activating group) is 1. The lowest BCUT2D eigenvalue weighted by molar-refractivity contribution is 0.262. The summed E-state index contributed by atoms with van der Waals surface area (Å²) in [5.41, 5.74) is 2.01. The van der Waals surface area contributed by atoms with E-state index in [1.165, 1.54) is 6.07 Å². The minimum Gasteiger partial charge on any atom is -0.408 e. The first-order valence-corrected chi connectivity index (χ1v) is 8.62. The second-order valence-corrected chi connectivity index (χ2v) is 6.51. The topological polar surface area (TPSA) is 38.4 Å². The Labute approximate surface area is 147 Å². The highest BCUT2D eigenvalue weighted by Crippen LogP contribution is 2.17. The van der Waals surface area contributed by atoms with Crippen LogP contribution in [0.1, 0.15) is 12.5 Å². The Hall–Kier alpha value is -1.92. The van der Waals surface area contributed by atoms with Gasteiger partial charge >= 0.3 is 5.76 Å². The van der Waals surface area contributed by atoms with Gasteiger partial charge in [-0.1, -0.05) is 35.0 Å². The number of aromatic nitrogens is 1. The molecule has 3 rings (SSSR count). The maximum atomic E-state index is 13.9. The zero-order valence-corrected chi connectivity index (χ0v) is 14.9. The van der Waals surface area contributed by atoms with E-state index in [1.807, 2.05) is 25.1 Å². The molecular formula is C18H18BrFN2O2. The van der Waals surface area contributed by atoms with Gasteiger partial charge in [0.2, 0.25) is 0 Å². The summed E-state index contributed by atoms with van der Waals surface area (Å²) in [5, 5.41) is 0. The Bertz CT molecular complexity index is 903. The van der Waals surface area contributed by atoms with Crippen LogP contribution in [0.15, 0.2) is 56.1 Å². The summed E-state index contributed by atoms with van der Waals surface area (Å²) >= 11 is 3.37. The molecule has 0 fully saturated rings. The maximum absolute atomic E-state index is 13.9. The third-order valence-electron chi connectivity index (χ3n) is 4.06. The van der Waals surface area contributed by atoms with Gasteiger partial charge in [-0.2, -0.15) is 0 Å². The second-order valence-electron chi connectivity index (χ2n) is 5.59. The molecule has 2 aromatic carbocycles. The molecule has 0 aliphatic carbocycles. The second kappa shape index (κ2) is 7.32. The van der Waals surface area contributed by atoms with Crippen molar-refractivity contribution < 1.29 is 8.81 Å². The van der Waals surface area contributed by atoms with Crippen molar-refractivity contribution in [3.05, 3.63) is 68.9 Å². The van der Waals surface area contributed by atoms with Crippen molar-refractivity contribution in [2.75, 3.05) is 13.1 Å². The Morgan fingerprint density at radius 2 is 2.04 bits per heavy atom. The number of hydrogen-bond acceptors (Lipinski definition) is 3. The predicted molar refractivity (Wildman–Crippen MR) is 95.5 cm³/mol. The zero-order valence-electron chi connectivity index (χ0n) is 13.3. The van der Waals surface area contributed by atoms with E-state index in [0.717, 1.165) is 16.5 Å². The van der Waals surface area contributed by atoms with Crippen molar-refractivity contribution in [2.24, 2.45) is 0 Å². The lowest BCUT2D eigenvalue weighted by atomic mass is 10.2. The summed E-state index contributed by atoms with van der Waals surface area (Å²) in [5.74, 6) is -0.580. The smallest absolute Gasteiger partial charge is 0.408 e. The number of para-hydroxylation sites is 2. The molecule has 0 amide bonds. The number of nitrogens with zero attached hydrogens (tertiary/aromatic N) is 2. The van der Waals surface area contributed by atoms with Gasteiger partial charge in [-0.3, -0.25) is 9.47 Å². The summed E-state index contributed by atoms with van der Waals surface area (Å²) in [7, 11) is 0. The van der Waals surface area contributed by atoms with Gasteiger partial charge in [0.15, 0.2) is 5.58 Å². The third-order valence-corrected chi connectivity index (χ3v) is 4.56. The normalized spacial score (nSPS) is 11.5. The maximum Gasteiger partial charge on any atom is 0.419 e. The van der Waals surface area contributed by atoms with Crippen LogP contribution in [0.2, 0.25) is 0 Å². The summed E-state index contributed by atoms with van der Waals surface area (Å²) < 4.78 is 21.6. The molecule has 0 bridgehead atoms. The molecule has 1 heterocycles. The lowest BCUT2D eigenvalue weighted by Crippen LogP contribution is -2.29. The van der Waals surface area contributed by atoms with Crippen LogP contribution in [0.4, 0.5) is 4.39 Å². The van der Waals surface area contributed by atoms with Crippen LogP contribution in [-0.4, -0.2) is 22.6 Å². The summed E-state index contributed by atoms with van der Waals surface area (Å²) in [6.45, 7) is 4.40. The van der Waals surface area contributed by atoms with Crippen LogP contribution in [-0.2, 0) is 13.1 Å². The molecule has 0 saturated carbocycles. The molecule has 126 valence electrons. The van der Waals surface area contributed by atoms with E-state index >= 15 is 0 Å². The van der Waals surface area contributed by atoms with Crippen molar-refractivity contribution in [1.82, 2.24) is 9.47 Å². The van der Waals surface area contributed by atoms with E-state index in [-0.39, 0.29) is 11.6 Å². The predicted octanol–water partition coefficient (Wildman–Crippen LogP) is 4.02. The number of halogens is 2. The highest BCUT2D eigenvalue weighted by atomic mass is 79.9. The van der Waals surface area contributed by atoms with E-state index in [2.05, 4.69) is 20.8 Å². The van der Waals surface area contributed by atoms with Crippen LogP contribution in [0.3, 0.4) is 0 Å². The number of hydrogen-bond donors (Lipinski definition) is 0. The van der Waals surface area contributed by atoms with Crippen LogP contribution in [0.25, 0.3) is 11.1 Å². The molecule has 6 heteroatoms. The van der Waals surface area contributed by atoms with Gasteiger partial charge < -0.3 is 4.42 Å². The first kappa shape index (κ1) is 16.9. The quantitative estimate of drug-likeness (QED) is 0.635. The Kier molecular flexibility index (Phi) is 5.16. The van der Waals surface area contributed by atoms with Crippen LogP contribution in [0.5, 0.6) is 0 Å². The summed E-state index contributed by atoms with van der Waals surface area (Å²) in [4.78, 5) is 14.1. The zero-order chi connectivity index (χ0) is 17.1. The SMILES string of the molecule is CCN(CCn1c(=O)oc2ccccc21)Cc1cc(Br)ccc1F. The van der Waals surface area contributed by atoms with E-state index in [4.69, 9.17) is 4.42 Å². The van der Waals surface area contributed by atoms with Gasteiger partial charge in [-0.05, 0) is 36.9 Å². The fraction of sp³-hybridized carbons (Fsp3) is 0.278. The van der Waals surface area contributed by atoms with Crippen molar-refractivity contribution in [3.8, 4) is 0 Å². The Morgan fingerprint density at radius 1 is 1.25 bits per heavy atom. The van der Waals surface area contributed by atoms with Crippen molar-refractivity contribution >= 4 is 27.0 Å². The number of benzene rings is 2. The van der Waals surface area contributed by atoms with Gasteiger partial charge in [-0.15, -0.1) is 0 Å². The third kappa shape index (κ3) is 3.60. The molecule has 24 heavy (non-hydrogen) atoms. The molecule has 0 aliphatic rings. The first-order valence-electron chi connectivity index (χ1n) is 7.83. The highest BCUT2D eigenvalue weighted by molar-refractivity contribution is 9.10. The molecule has 0 unspecified atom stereocenters. The molecule has 0 aliphatic heterocycles. The van der Waals surface area contributed by atoms with Crippen LogP contribution < -0.4 is 5.76 Å². The molecule has 1 aromatic heterocycles. The molecule has 4 nitrogen and oxygen atoms in total. The molecule has 3 aromatic rings. The number of rotatable bonds is 6. The molecule has 0 saturated heterocycles. The van der Waals surface area contributed by atoms with Crippen molar-refractivity contribution in [3.63, 3.8) is 0 Å². The van der Waals surface area contributed by atoms with E-state index in [9.17, 15) is 9.18 Å². The minimum atomic E-state index is -0.360. The van der Waals surface area contributed by atoms with Crippen molar-refractivity contribution in [2.45, 2.75) is 20.0 Å². The summed E-state index contributed by atoms with van der Waals surface area (Å²) in [6, 6.07) is 12.3. The summed E-state index contributed by atoms with van der Waals surface area (Å²) in [6.07, 6.45) is 0. The van der Waals surface area contributed by atoms with Crippen molar-refractivity contribution in [1.29, 1.82) is 0 Å². The van der Waals surface area contributed by atoms with Gasteiger partial charge in [0.05, 0.1) is 5.52 Å². The molecule has 0 radical (unpaired) electrons. The monoisotopic (exact) mass is 392 g/mol. The first-order chi connectivity index (χ1) is 11.6. The average molecular weight is 393 g/mol. The number of fused-ring (bicyclic) bond motifs is 1. The lowest BCUT2D eigenvalue weighted by Gasteiger charge is -2.21. The molecular weight excluding hydrogens is 375 g/mol. The van der Waals surface area contributed by atoms with E-state index in [1.54, 1.807) is 22.8 Å². The number of oxazole rings is 1. The largest absolute Gasteiger partial charge is 0.419 e. The van der Waals surface area contributed by atoms with Gasteiger partial charge in [0.25, 0.3) is 0 Å². The van der Waals surface area contributed by atoms with Crippen LogP contribution >= 0.6 is 15.9 Å². The molecule has 0 spiro atoms. The average Bonchev–Trinajstić information content (AvgIpc) is 2.90. The Balaban J connectivity index is 1.75. The van der Waals surface area contributed by atoms with Gasteiger partial charge in [0, 0.05) is 29.7 Å². The Morgan fingerprint density at radius 3 is 2.83 bits per heavy atom. The van der Waals surface area contributed by atoms with Crippen LogP contribution in [0, 0.1) is 5.82 Å². The van der Waals surface area contributed by atoms with E-state index in [0.29, 0.717) is 30.8 Å².